The Morgan fingerprint density at radius 3 is 2.67 bits per heavy atom. The van der Waals surface area contributed by atoms with E-state index in [0.717, 1.165) is 6.54 Å². The molecule has 0 heterocycles. The van der Waals surface area contributed by atoms with Gasteiger partial charge in [0.1, 0.15) is 0 Å². The molecule has 9 heavy (non-hydrogen) atoms. The Balaban J connectivity index is 3.70. The molecule has 0 aromatic heterocycles. The van der Waals surface area contributed by atoms with E-state index in [0.29, 0.717) is 0 Å². The number of methoxy groups -OCH3 is 1. The maximum atomic E-state index is 5.01. The van der Waals surface area contributed by atoms with Crippen molar-refractivity contribution in [2.24, 2.45) is 4.99 Å². The molecule has 54 valence electrons. The van der Waals surface area contributed by atoms with Gasteiger partial charge in [-0.05, 0) is 29.8 Å². The number of rotatable bonds is 3. The van der Waals surface area contributed by atoms with Gasteiger partial charge in [-0.2, -0.15) is 0 Å². The summed E-state index contributed by atoms with van der Waals surface area (Å²) >= 11 is 3.31. The van der Waals surface area contributed by atoms with Gasteiger partial charge >= 0.3 is 0 Å². The maximum Gasteiger partial charge on any atom is 0.154 e. The molecule has 0 bridgehead atoms. The number of aliphatic imine (C=N–C) groups is 1. The lowest BCUT2D eigenvalue weighted by atomic mass is 10.4. The van der Waals surface area contributed by atoms with Crippen molar-refractivity contribution < 1.29 is 4.74 Å². The highest BCUT2D eigenvalue weighted by Crippen LogP contribution is 2.13. The maximum absolute atomic E-state index is 5.01. The first-order valence-electron chi connectivity index (χ1n) is 2.87. The van der Waals surface area contributed by atoms with Gasteiger partial charge < -0.3 is 4.74 Å². The Kier molecular flexibility index (Phi) is 4.06. The number of nitrogens with zero attached hydrogens (tertiary/aromatic N) is 1. The molecule has 0 radical (unpaired) electrons. The van der Waals surface area contributed by atoms with Crippen LogP contribution < -0.4 is 0 Å². The quantitative estimate of drug-likeness (QED) is 0.496. The predicted molar refractivity (Wildman–Crippen MR) is 43.4 cm³/mol. The summed E-state index contributed by atoms with van der Waals surface area (Å²) in [6, 6.07) is 0. The van der Waals surface area contributed by atoms with Crippen LogP contribution in [0.4, 0.5) is 0 Å². The van der Waals surface area contributed by atoms with Gasteiger partial charge in [0, 0.05) is 19.9 Å². The van der Waals surface area contributed by atoms with Crippen molar-refractivity contribution >= 4 is 22.1 Å². The molecule has 0 fully saturated rings. The molecule has 0 aromatic carbocycles. The van der Waals surface area contributed by atoms with Crippen molar-refractivity contribution in [3.05, 3.63) is 0 Å². The molecule has 3 heteroatoms. The van der Waals surface area contributed by atoms with Crippen LogP contribution in [0.15, 0.2) is 4.99 Å². The van der Waals surface area contributed by atoms with E-state index < -0.39 is 0 Å². The standard InChI is InChI=1S/C6H12BrNO/c1-4-8-5-6(2,7)9-3/h5H,4H2,1-3H3. The lowest BCUT2D eigenvalue weighted by Gasteiger charge is -2.13. The molecule has 0 aliphatic heterocycles. The second-order valence-electron chi connectivity index (χ2n) is 1.82. The molecule has 0 aliphatic carbocycles. The third-order valence-electron chi connectivity index (χ3n) is 0.904. The number of alkyl halides is 1. The van der Waals surface area contributed by atoms with Crippen molar-refractivity contribution in [2.75, 3.05) is 13.7 Å². The van der Waals surface area contributed by atoms with Gasteiger partial charge in [0.2, 0.25) is 0 Å². The highest BCUT2D eigenvalue weighted by Gasteiger charge is 2.13. The highest BCUT2D eigenvalue weighted by atomic mass is 79.9. The Labute approximate surface area is 64.4 Å². The van der Waals surface area contributed by atoms with Crippen LogP contribution in [0.1, 0.15) is 13.8 Å². The number of hydrogen-bond acceptors (Lipinski definition) is 2. The van der Waals surface area contributed by atoms with Gasteiger partial charge in [-0.15, -0.1) is 0 Å². The Morgan fingerprint density at radius 2 is 2.33 bits per heavy atom. The van der Waals surface area contributed by atoms with E-state index in [1.807, 2.05) is 13.8 Å². The predicted octanol–water partition coefficient (Wildman–Crippen LogP) is 1.83. The van der Waals surface area contributed by atoms with Crippen LogP contribution in [0.5, 0.6) is 0 Å². The summed E-state index contributed by atoms with van der Waals surface area (Å²) in [6.45, 7) is 4.67. The molecule has 0 N–H and O–H groups in total. The SMILES string of the molecule is CCN=CC(C)(Br)OC. The second kappa shape index (κ2) is 4.01. The first-order valence-corrected chi connectivity index (χ1v) is 3.66. The summed E-state index contributed by atoms with van der Waals surface area (Å²) in [6.07, 6.45) is 1.74. The Morgan fingerprint density at radius 1 is 1.78 bits per heavy atom. The van der Waals surface area contributed by atoms with E-state index in [2.05, 4.69) is 20.9 Å². The zero-order valence-electron chi connectivity index (χ0n) is 6.02. The summed E-state index contributed by atoms with van der Waals surface area (Å²) in [4.78, 5) is 4.02. The molecule has 1 atom stereocenters. The largest absolute Gasteiger partial charge is 0.362 e. The van der Waals surface area contributed by atoms with Crippen molar-refractivity contribution in [3.63, 3.8) is 0 Å². The lowest BCUT2D eigenvalue weighted by Crippen LogP contribution is -2.19. The smallest absolute Gasteiger partial charge is 0.154 e. The van der Waals surface area contributed by atoms with E-state index in [1.54, 1.807) is 13.3 Å². The Hall–Kier alpha value is 0.110. The first kappa shape index (κ1) is 9.11. The molecule has 0 saturated carbocycles. The minimum Gasteiger partial charge on any atom is -0.362 e. The van der Waals surface area contributed by atoms with E-state index >= 15 is 0 Å². The molecule has 0 spiro atoms. The average Bonchev–Trinajstić information content (AvgIpc) is 1.84. The summed E-state index contributed by atoms with van der Waals surface area (Å²) in [7, 11) is 1.64. The monoisotopic (exact) mass is 193 g/mol. The molecule has 0 saturated heterocycles. The van der Waals surface area contributed by atoms with E-state index in [1.165, 1.54) is 0 Å². The van der Waals surface area contributed by atoms with Crippen LogP contribution in [-0.4, -0.2) is 24.4 Å². The Bertz CT molecular complexity index is 101. The van der Waals surface area contributed by atoms with Gasteiger partial charge in [-0.25, -0.2) is 0 Å². The molecule has 0 rings (SSSR count). The van der Waals surface area contributed by atoms with E-state index in [9.17, 15) is 0 Å². The van der Waals surface area contributed by atoms with Gasteiger partial charge in [-0.1, -0.05) is 0 Å². The molecule has 0 amide bonds. The third-order valence-corrected chi connectivity index (χ3v) is 1.43. The zero-order valence-corrected chi connectivity index (χ0v) is 7.60. The van der Waals surface area contributed by atoms with Crippen LogP contribution in [0.25, 0.3) is 0 Å². The molecule has 0 aliphatic rings. The third kappa shape index (κ3) is 4.60. The zero-order chi connectivity index (χ0) is 7.33. The minimum atomic E-state index is -0.386. The van der Waals surface area contributed by atoms with Crippen LogP contribution in [0, 0.1) is 0 Å². The topological polar surface area (TPSA) is 21.6 Å². The summed E-state index contributed by atoms with van der Waals surface area (Å²) in [5.74, 6) is 0. The van der Waals surface area contributed by atoms with E-state index in [-0.39, 0.29) is 4.51 Å². The summed E-state index contributed by atoms with van der Waals surface area (Å²) in [5, 5.41) is 0. The number of hydrogen-bond donors (Lipinski definition) is 0. The first-order chi connectivity index (χ1) is 4.12. The fourth-order valence-corrected chi connectivity index (χ4v) is 0.452. The normalized spacial score (nSPS) is 18.2. The average molecular weight is 194 g/mol. The molecular weight excluding hydrogens is 182 g/mol. The summed E-state index contributed by atoms with van der Waals surface area (Å²) in [5.41, 5.74) is 0. The second-order valence-corrected chi connectivity index (χ2v) is 3.39. The van der Waals surface area contributed by atoms with Gasteiger partial charge in [-0.3, -0.25) is 4.99 Å². The van der Waals surface area contributed by atoms with Crippen molar-refractivity contribution in [1.82, 2.24) is 0 Å². The minimum absolute atomic E-state index is 0.386. The molecule has 2 nitrogen and oxygen atoms in total. The molecule has 0 aromatic rings. The number of ether oxygens (including phenoxy) is 1. The van der Waals surface area contributed by atoms with Gasteiger partial charge in [0.25, 0.3) is 0 Å². The van der Waals surface area contributed by atoms with E-state index in [4.69, 9.17) is 4.74 Å². The van der Waals surface area contributed by atoms with Gasteiger partial charge in [0.05, 0.1) is 0 Å². The van der Waals surface area contributed by atoms with Crippen LogP contribution in [0.2, 0.25) is 0 Å². The summed E-state index contributed by atoms with van der Waals surface area (Å²) < 4.78 is 4.62. The van der Waals surface area contributed by atoms with Crippen molar-refractivity contribution in [3.8, 4) is 0 Å². The molecule has 1 unspecified atom stereocenters. The highest BCUT2D eigenvalue weighted by molar-refractivity contribution is 9.10. The fourth-order valence-electron chi connectivity index (χ4n) is 0.307. The van der Waals surface area contributed by atoms with Gasteiger partial charge in [0.15, 0.2) is 4.51 Å². The number of halogens is 1. The van der Waals surface area contributed by atoms with Crippen molar-refractivity contribution in [1.29, 1.82) is 0 Å². The molecular formula is C6H12BrNO. The fraction of sp³-hybridized carbons (Fsp3) is 0.833. The lowest BCUT2D eigenvalue weighted by molar-refractivity contribution is 0.152. The van der Waals surface area contributed by atoms with Crippen LogP contribution in [0.3, 0.4) is 0 Å². The van der Waals surface area contributed by atoms with Crippen LogP contribution >= 0.6 is 15.9 Å². The van der Waals surface area contributed by atoms with Crippen molar-refractivity contribution in [2.45, 2.75) is 18.4 Å². The van der Waals surface area contributed by atoms with Crippen LogP contribution in [-0.2, 0) is 4.74 Å².